The Bertz CT molecular complexity index is 2280. The molecule has 222 valence electrons. The standard InChI is InChI=1S/C18H14N2O2S.C18H14N2OS/c21-9-13-7-12(10-23-13)16-8-17(20-19-16)15-6-5-11-3-1-2-4-14(11)18(15)22;1-11-13(8-9-22-11)16-10-17(20-19-16)15-7-6-12-4-2-3-5-14(12)18(15)21/h1-8,10,21-22H,9H2,(H,19,20);2-10,21H,1H3,(H,19,20). The van der Waals surface area contributed by atoms with Gasteiger partial charge in [-0.1, -0.05) is 60.7 Å². The van der Waals surface area contributed by atoms with E-state index in [0.29, 0.717) is 0 Å². The molecule has 0 saturated carbocycles. The molecule has 0 spiro atoms. The number of nitrogens with one attached hydrogen (secondary N) is 2. The first-order valence-corrected chi connectivity index (χ1v) is 16.0. The van der Waals surface area contributed by atoms with Crippen LogP contribution in [-0.4, -0.2) is 35.7 Å². The first-order valence-electron chi connectivity index (χ1n) is 14.3. The van der Waals surface area contributed by atoms with Crippen LogP contribution in [0.25, 0.3) is 66.6 Å². The van der Waals surface area contributed by atoms with Gasteiger partial charge in [-0.25, -0.2) is 0 Å². The molecule has 4 aromatic heterocycles. The molecule has 0 aliphatic rings. The first kappa shape index (κ1) is 28.5. The van der Waals surface area contributed by atoms with E-state index >= 15 is 0 Å². The second kappa shape index (κ2) is 12.0. The molecule has 8 rings (SSSR count). The fourth-order valence-electron chi connectivity index (χ4n) is 5.40. The van der Waals surface area contributed by atoms with E-state index in [2.05, 4.69) is 38.8 Å². The number of thiophene rings is 2. The SMILES string of the molecule is Cc1sccc1-c1cc(-c2ccc3ccccc3c2O)[nH]n1.OCc1cc(-c2cc(-c3ccc4ccccc4c3O)[nH]n2)cs1. The van der Waals surface area contributed by atoms with Crippen LogP contribution in [0.4, 0.5) is 0 Å². The van der Waals surface area contributed by atoms with Crippen molar-refractivity contribution >= 4 is 44.2 Å². The van der Waals surface area contributed by atoms with E-state index < -0.39 is 0 Å². The molecule has 0 fully saturated rings. The maximum Gasteiger partial charge on any atom is 0.132 e. The monoisotopic (exact) mass is 628 g/mol. The van der Waals surface area contributed by atoms with Gasteiger partial charge >= 0.3 is 0 Å². The second-order valence-electron chi connectivity index (χ2n) is 10.5. The molecule has 45 heavy (non-hydrogen) atoms. The highest BCUT2D eigenvalue weighted by atomic mass is 32.1. The molecular weight excluding hydrogens is 601 g/mol. The number of rotatable bonds is 5. The number of fused-ring (bicyclic) bond motifs is 2. The summed E-state index contributed by atoms with van der Waals surface area (Å²) in [5.74, 6) is 0.537. The molecule has 0 saturated heterocycles. The Morgan fingerprint density at radius 3 is 1.78 bits per heavy atom. The predicted molar refractivity (Wildman–Crippen MR) is 184 cm³/mol. The third kappa shape index (κ3) is 5.49. The van der Waals surface area contributed by atoms with Gasteiger partial charge < -0.3 is 15.3 Å². The Kier molecular flexibility index (Phi) is 7.64. The lowest BCUT2D eigenvalue weighted by atomic mass is 10.0. The minimum atomic E-state index is 0.0351. The number of phenolic OH excluding ortho intramolecular Hbond substituents is 2. The average Bonchev–Trinajstić information content (AvgIpc) is 3.89. The van der Waals surface area contributed by atoms with Crippen LogP contribution in [0.2, 0.25) is 0 Å². The van der Waals surface area contributed by atoms with Gasteiger partial charge in [-0.05, 0) is 59.5 Å². The van der Waals surface area contributed by atoms with Crippen molar-refractivity contribution in [3.8, 4) is 56.5 Å². The smallest absolute Gasteiger partial charge is 0.132 e. The molecule has 9 heteroatoms. The van der Waals surface area contributed by atoms with Gasteiger partial charge in [0.25, 0.3) is 0 Å². The zero-order chi connectivity index (χ0) is 30.9. The lowest BCUT2D eigenvalue weighted by Crippen LogP contribution is -1.81. The number of aromatic hydroxyl groups is 2. The summed E-state index contributed by atoms with van der Waals surface area (Å²) in [6.07, 6.45) is 0. The van der Waals surface area contributed by atoms with Gasteiger partial charge in [0.2, 0.25) is 0 Å². The van der Waals surface area contributed by atoms with E-state index in [-0.39, 0.29) is 18.1 Å². The topological polar surface area (TPSA) is 118 Å². The molecule has 7 nitrogen and oxygen atoms in total. The van der Waals surface area contributed by atoms with E-state index in [1.54, 1.807) is 11.3 Å². The number of aromatic amines is 2. The molecule has 0 bridgehead atoms. The van der Waals surface area contributed by atoms with Crippen LogP contribution < -0.4 is 0 Å². The van der Waals surface area contributed by atoms with Gasteiger partial charge in [-0.15, -0.1) is 22.7 Å². The molecule has 0 aliphatic heterocycles. The van der Waals surface area contributed by atoms with Crippen LogP contribution >= 0.6 is 22.7 Å². The summed E-state index contributed by atoms with van der Waals surface area (Å²) in [6.45, 7) is 2.12. The van der Waals surface area contributed by atoms with Crippen molar-refractivity contribution in [3.63, 3.8) is 0 Å². The highest BCUT2D eigenvalue weighted by molar-refractivity contribution is 7.10. The number of hydrogen-bond acceptors (Lipinski definition) is 7. The first-order chi connectivity index (χ1) is 22.0. The maximum atomic E-state index is 10.6. The van der Waals surface area contributed by atoms with Crippen LogP contribution in [0.1, 0.15) is 9.75 Å². The summed E-state index contributed by atoms with van der Waals surface area (Å²) in [5, 5.41) is 52.7. The Labute approximate surface area is 266 Å². The quantitative estimate of drug-likeness (QED) is 0.130. The van der Waals surface area contributed by atoms with Crippen molar-refractivity contribution in [3.05, 3.63) is 118 Å². The summed E-state index contributed by atoms with van der Waals surface area (Å²) < 4.78 is 0. The predicted octanol–water partition coefficient (Wildman–Crippen LogP) is 9.13. The molecular formula is C36H28N4O3S2. The zero-order valence-corrected chi connectivity index (χ0v) is 25.8. The lowest BCUT2D eigenvalue weighted by Gasteiger charge is -2.05. The third-order valence-corrected chi connectivity index (χ3v) is 9.54. The van der Waals surface area contributed by atoms with E-state index in [9.17, 15) is 10.2 Å². The average molecular weight is 629 g/mol. The molecule has 4 aromatic carbocycles. The number of phenols is 2. The van der Waals surface area contributed by atoms with Crippen molar-refractivity contribution in [2.45, 2.75) is 13.5 Å². The fraction of sp³-hybridized carbons (Fsp3) is 0.0556. The van der Waals surface area contributed by atoms with Gasteiger partial charge in [-0.2, -0.15) is 10.2 Å². The number of aromatic nitrogens is 4. The molecule has 0 amide bonds. The highest BCUT2D eigenvalue weighted by Crippen LogP contribution is 2.38. The molecule has 4 heterocycles. The Hall–Kier alpha value is -5.22. The van der Waals surface area contributed by atoms with Crippen LogP contribution in [0.5, 0.6) is 11.5 Å². The van der Waals surface area contributed by atoms with E-state index in [1.165, 1.54) is 16.2 Å². The highest BCUT2D eigenvalue weighted by Gasteiger charge is 2.14. The van der Waals surface area contributed by atoms with Gasteiger partial charge in [0, 0.05) is 48.2 Å². The minimum absolute atomic E-state index is 0.0351. The third-order valence-electron chi connectivity index (χ3n) is 7.78. The Morgan fingerprint density at radius 2 is 1.22 bits per heavy atom. The van der Waals surface area contributed by atoms with Crippen molar-refractivity contribution in [1.82, 2.24) is 20.4 Å². The van der Waals surface area contributed by atoms with Gasteiger partial charge in [-0.3, -0.25) is 10.2 Å². The number of nitrogens with zero attached hydrogens (tertiary/aromatic N) is 2. The number of benzene rings is 4. The summed E-state index contributed by atoms with van der Waals surface area (Å²) in [7, 11) is 0. The number of aliphatic hydroxyl groups is 1. The Balaban J connectivity index is 0.000000145. The van der Waals surface area contributed by atoms with E-state index in [0.717, 1.165) is 71.5 Å². The molecule has 0 unspecified atom stereocenters. The van der Waals surface area contributed by atoms with Gasteiger partial charge in [0.1, 0.15) is 11.5 Å². The maximum absolute atomic E-state index is 10.6. The molecule has 0 atom stereocenters. The molecule has 0 radical (unpaired) electrons. The van der Waals surface area contributed by atoms with Crippen LogP contribution in [-0.2, 0) is 6.61 Å². The number of H-pyrrole nitrogens is 2. The fourth-order valence-corrected chi connectivity index (χ4v) is 6.84. The normalized spacial score (nSPS) is 11.2. The molecule has 8 aromatic rings. The second-order valence-corrected chi connectivity index (χ2v) is 12.7. The Morgan fingerprint density at radius 1 is 0.644 bits per heavy atom. The van der Waals surface area contributed by atoms with Gasteiger partial charge in [0.05, 0.1) is 29.4 Å². The van der Waals surface area contributed by atoms with E-state index in [1.807, 2.05) is 96.4 Å². The molecule has 0 aliphatic carbocycles. The van der Waals surface area contributed by atoms with Crippen LogP contribution in [0.15, 0.2) is 108 Å². The largest absolute Gasteiger partial charge is 0.507 e. The van der Waals surface area contributed by atoms with Crippen molar-refractivity contribution < 1.29 is 15.3 Å². The number of hydrogen-bond donors (Lipinski definition) is 5. The summed E-state index contributed by atoms with van der Waals surface area (Å²) in [4.78, 5) is 2.14. The number of aliphatic hydroxyl groups excluding tert-OH is 1. The summed E-state index contributed by atoms with van der Waals surface area (Å²) in [6, 6.07) is 31.2. The lowest BCUT2D eigenvalue weighted by molar-refractivity contribution is 0.285. The van der Waals surface area contributed by atoms with Gasteiger partial charge in [0.15, 0.2) is 0 Å². The van der Waals surface area contributed by atoms with Crippen LogP contribution in [0, 0.1) is 6.92 Å². The molecule has 5 N–H and O–H groups in total. The van der Waals surface area contributed by atoms with Crippen molar-refractivity contribution in [2.75, 3.05) is 0 Å². The van der Waals surface area contributed by atoms with E-state index in [4.69, 9.17) is 5.11 Å². The van der Waals surface area contributed by atoms with Crippen molar-refractivity contribution in [2.24, 2.45) is 0 Å². The minimum Gasteiger partial charge on any atom is -0.507 e. The van der Waals surface area contributed by atoms with Crippen molar-refractivity contribution in [1.29, 1.82) is 0 Å². The van der Waals surface area contributed by atoms with Crippen LogP contribution in [0.3, 0.4) is 0 Å². The summed E-state index contributed by atoms with van der Waals surface area (Å²) >= 11 is 3.21. The zero-order valence-electron chi connectivity index (χ0n) is 24.2. The number of aryl methyl sites for hydroxylation is 1. The summed E-state index contributed by atoms with van der Waals surface area (Å²) in [5.41, 5.74) is 6.87.